The highest BCUT2D eigenvalue weighted by Crippen LogP contribution is 2.25. The lowest BCUT2D eigenvalue weighted by molar-refractivity contribution is -0.131. The molecule has 1 aromatic rings. The quantitative estimate of drug-likeness (QED) is 0.662. The van der Waals surface area contributed by atoms with Gasteiger partial charge in [0, 0.05) is 13.1 Å². The summed E-state index contributed by atoms with van der Waals surface area (Å²) in [6.07, 6.45) is 1.33. The van der Waals surface area contributed by atoms with Crippen molar-refractivity contribution < 1.29 is 13.2 Å². The summed E-state index contributed by atoms with van der Waals surface area (Å²) < 4.78 is 25.8. The van der Waals surface area contributed by atoms with Crippen LogP contribution in [0.2, 0.25) is 0 Å². The molecule has 0 fully saturated rings. The van der Waals surface area contributed by atoms with Crippen LogP contribution in [0, 0.1) is 5.41 Å². The fourth-order valence-corrected chi connectivity index (χ4v) is 3.06. The molecule has 124 valence electrons. The summed E-state index contributed by atoms with van der Waals surface area (Å²) in [5, 5.41) is 2.86. The van der Waals surface area contributed by atoms with Crippen molar-refractivity contribution in [2.45, 2.75) is 38.1 Å². The van der Waals surface area contributed by atoms with Crippen LogP contribution < -0.4 is 15.8 Å². The largest absolute Gasteiger partial charge is 0.352 e. The standard InChI is InChI=1S/C15H25N3O3S/c1-4-15(5-2,11-16)14(19)18-10-12-7-6-8-13(9-12)22(20,21)17-3/h6-9,17H,4-5,10-11,16H2,1-3H3,(H,18,19). The highest BCUT2D eigenvalue weighted by molar-refractivity contribution is 7.89. The molecule has 22 heavy (non-hydrogen) atoms. The number of hydrogen-bond donors (Lipinski definition) is 3. The van der Waals surface area contributed by atoms with Gasteiger partial charge >= 0.3 is 0 Å². The van der Waals surface area contributed by atoms with Gasteiger partial charge in [-0.05, 0) is 37.6 Å². The monoisotopic (exact) mass is 327 g/mol. The lowest BCUT2D eigenvalue weighted by Gasteiger charge is -2.28. The number of benzene rings is 1. The predicted molar refractivity (Wildman–Crippen MR) is 86.6 cm³/mol. The van der Waals surface area contributed by atoms with Gasteiger partial charge in [-0.3, -0.25) is 4.79 Å². The van der Waals surface area contributed by atoms with Crippen molar-refractivity contribution in [3.8, 4) is 0 Å². The van der Waals surface area contributed by atoms with E-state index >= 15 is 0 Å². The van der Waals surface area contributed by atoms with Crippen LogP contribution in [0.5, 0.6) is 0 Å². The van der Waals surface area contributed by atoms with E-state index < -0.39 is 15.4 Å². The predicted octanol–water partition coefficient (Wildman–Crippen LogP) is 0.976. The molecule has 7 heteroatoms. The van der Waals surface area contributed by atoms with Crippen molar-refractivity contribution in [2.75, 3.05) is 13.6 Å². The number of nitrogens with two attached hydrogens (primary N) is 1. The van der Waals surface area contributed by atoms with E-state index in [0.717, 1.165) is 5.56 Å². The van der Waals surface area contributed by atoms with E-state index in [0.29, 0.717) is 19.4 Å². The van der Waals surface area contributed by atoms with Gasteiger partial charge in [0.05, 0.1) is 10.3 Å². The van der Waals surface area contributed by atoms with E-state index in [-0.39, 0.29) is 17.3 Å². The maximum Gasteiger partial charge on any atom is 0.240 e. The third-order valence-corrected chi connectivity index (χ3v) is 5.57. The first-order chi connectivity index (χ1) is 10.3. The molecule has 0 heterocycles. The molecular weight excluding hydrogens is 302 g/mol. The third kappa shape index (κ3) is 4.06. The van der Waals surface area contributed by atoms with Crippen LogP contribution in [0.1, 0.15) is 32.3 Å². The number of amides is 1. The molecule has 1 aromatic carbocycles. The van der Waals surface area contributed by atoms with Crippen molar-refractivity contribution in [1.29, 1.82) is 0 Å². The SMILES string of the molecule is CCC(CC)(CN)C(=O)NCc1cccc(S(=O)(=O)NC)c1. The van der Waals surface area contributed by atoms with Gasteiger partial charge < -0.3 is 11.1 Å². The van der Waals surface area contributed by atoms with Gasteiger partial charge in [0.2, 0.25) is 15.9 Å². The molecule has 0 saturated carbocycles. The van der Waals surface area contributed by atoms with E-state index in [1.54, 1.807) is 18.2 Å². The van der Waals surface area contributed by atoms with Crippen molar-refractivity contribution in [3.63, 3.8) is 0 Å². The number of rotatable bonds is 8. The molecule has 0 aliphatic heterocycles. The minimum atomic E-state index is -3.48. The lowest BCUT2D eigenvalue weighted by atomic mass is 9.81. The smallest absolute Gasteiger partial charge is 0.240 e. The number of sulfonamides is 1. The van der Waals surface area contributed by atoms with Crippen LogP contribution in [0.15, 0.2) is 29.2 Å². The Morgan fingerprint density at radius 3 is 2.41 bits per heavy atom. The Morgan fingerprint density at radius 1 is 1.27 bits per heavy atom. The molecule has 0 aliphatic rings. The number of carbonyl (C=O) groups is 1. The summed E-state index contributed by atoms with van der Waals surface area (Å²) in [6.45, 7) is 4.44. The van der Waals surface area contributed by atoms with Crippen LogP contribution >= 0.6 is 0 Å². The third-order valence-electron chi connectivity index (χ3n) is 4.16. The van der Waals surface area contributed by atoms with Crippen LogP contribution in [0.3, 0.4) is 0 Å². The Morgan fingerprint density at radius 2 is 1.91 bits per heavy atom. The summed E-state index contributed by atoms with van der Waals surface area (Å²) in [4.78, 5) is 12.5. The fourth-order valence-electron chi connectivity index (χ4n) is 2.26. The van der Waals surface area contributed by atoms with E-state index in [9.17, 15) is 13.2 Å². The summed E-state index contributed by atoms with van der Waals surface area (Å²) >= 11 is 0. The molecule has 0 bridgehead atoms. The minimum Gasteiger partial charge on any atom is -0.352 e. The molecule has 4 N–H and O–H groups in total. The summed E-state index contributed by atoms with van der Waals surface area (Å²) in [5.41, 5.74) is 5.91. The zero-order valence-corrected chi connectivity index (χ0v) is 14.2. The van der Waals surface area contributed by atoms with Crippen LogP contribution in [-0.4, -0.2) is 27.9 Å². The van der Waals surface area contributed by atoms with Crippen molar-refractivity contribution in [3.05, 3.63) is 29.8 Å². The lowest BCUT2D eigenvalue weighted by Crippen LogP contribution is -2.45. The van der Waals surface area contributed by atoms with E-state index in [2.05, 4.69) is 10.0 Å². The first kappa shape index (κ1) is 18.6. The zero-order chi connectivity index (χ0) is 16.8. The van der Waals surface area contributed by atoms with Gasteiger partial charge in [0.15, 0.2) is 0 Å². The average Bonchev–Trinajstić information content (AvgIpc) is 2.55. The van der Waals surface area contributed by atoms with Gasteiger partial charge in [-0.15, -0.1) is 0 Å². The Bertz CT molecular complexity index is 602. The normalized spacial score (nSPS) is 12.2. The summed E-state index contributed by atoms with van der Waals surface area (Å²) in [6, 6.07) is 6.49. The van der Waals surface area contributed by atoms with Crippen molar-refractivity contribution >= 4 is 15.9 Å². The molecule has 1 rings (SSSR count). The Balaban J connectivity index is 2.85. The Labute approximate surface area is 132 Å². The first-order valence-electron chi connectivity index (χ1n) is 7.36. The first-order valence-corrected chi connectivity index (χ1v) is 8.84. The van der Waals surface area contributed by atoms with E-state index in [4.69, 9.17) is 5.73 Å². The molecule has 0 atom stereocenters. The molecule has 0 aliphatic carbocycles. The second-order valence-electron chi connectivity index (χ2n) is 5.23. The molecule has 6 nitrogen and oxygen atoms in total. The van der Waals surface area contributed by atoms with Gasteiger partial charge in [-0.25, -0.2) is 13.1 Å². The molecule has 1 amide bonds. The molecule has 0 radical (unpaired) electrons. The number of hydrogen-bond acceptors (Lipinski definition) is 4. The van der Waals surface area contributed by atoms with Gasteiger partial charge in [-0.1, -0.05) is 26.0 Å². The number of carbonyl (C=O) groups excluding carboxylic acids is 1. The maximum absolute atomic E-state index is 12.3. The minimum absolute atomic E-state index is 0.0955. The molecule has 0 spiro atoms. The zero-order valence-electron chi connectivity index (χ0n) is 13.3. The molecule has 0 aromatic heterocycles. The second kappa shape index (κ2) is 7.71. The van der Waals surface area contributed by atoms with Crippen molar-refractivity contribution in [2.24, 2.45) is 11.1 Å². The van der Waals surface area contributed by atoms with E-state index in [1.165, 1.54) is 13.1 Å². The van der Waals surface area contributed by atoms with Crippen LogP contribution in [-0.2, 0) is 21.4 Å². The molecular formula is C15H25N3O3S. The van der Waals surface area contributed by atoms with Crippen LogP contribution in [0.4, 0.5) is 0 Å². The average molecular weight is 327 g/mol. The number of nitrogens with one attached hydrogen (secondary N) is 2. The highest BCUT2D eigenvalue weighted by Gasteiger charge is 2.32. The topological polar surface area (TPSA) is 101 Å². The Kier molecular flexibility index (Phi) is 6.52. The Hall–Kier alpha value is -1.44. The van der Waals surface area contributed by atoms with Crippen LogP contribution in [0.25, 0.3) is 0 Å². The van der Waals surface area contributed by atoms with Crippen molar-refractivity contribution in [1.82, 2.24) is 10.0 Å². The van der Waals surface area contributed by atoms with Gasteiger partial charge in [0.25, 0.3) is 0 Å². The fraction of sp³-hybridized carbons (Fsp3) is 0.533. The van der Waals surface area contributed by atoms with E-state index in [1.807, 2.05) is 13.8 Å². The van der Waals surface area contributed by atoms with Gasteiger partial charge in [-0.2, -0.15) is 0 Å². The van der Waals surface area contributed by atoms with Gasteiger partial charge in [0.1, 0.15) is 0 Å². The summed E-state index contributed by atoms with van der Waals surface area (Å²) in [5.74, 6) is -0.0955. The molecule has 0 saturated heterocycles. The maximum atomic E-state index is 12.3. The highest BCUT2D eigenvalue weighted by atomic mass is 32.2. The second-order valence-corrected chi connectivity index (χ2v) is 7.12. The molecule has 0 unspecified atom stereocenters. The summed E-state index contributed by atoms with van der Waals surface area (Å²) in [7, 11) is -2.12.